The molecule has 4 rings (SSSR count). The van der Waals surface area contributed by atoms with Crippen molar-refractivity contribution in [2.75, 3.05) is 24.2 Å². The second-order valence-electron chi connectivity index (χ2n) is 9.24. The maximum absolute atomic E-state index is 12.7. The number of fused-ring (bicyclic) bond motifs is 3. The fourth-order valence-electron chi connectivity index (χ4n) is 4.83. The van der Waals surface area contributed by atoms with E-state index in [2.05, 4.69) is 15.7 Å². The van der Waals surface area contributed by atoms with Crippen LogP contribution in [0.15, 0.2) is 40.8 Å². The summed E-state index contributed by atoms with van der Waals surface area (Å²) in [6, 6.07) is 10.9. The van der Waals surface area contributed by atoms with Gasteiger partial charge in [-0.15, -0.1) is 4.36 Å². The summed E-state index contributed by atoms with van der Waals surface area (Å²) in [5.74, 6) is -1.76. The number of carbonyl (C=O) groups excluding carboxylic acids is 1. The first-order chi connectivity index (χ1) is 16.1. The smallest absolute Gasteiger partial charge is 0.303 e. The molecule has 2 aromatic rings. The number of carboxylic acids is 1. The highest BCUT2D eigenvalue weighted by Gasteiger charge is 2.39. The number of nitrogens with one attached hydrogen (secondary N) is 1. The number of carbonyl (C=O) groups is 2. The Labute approximate surface area is 204 Å². The summed E-state index contributed by atoms with van der Waals surface area (Å²) in [7, 11) is -3.36. The van der Waals surface area contributed by atoms with Crippen molar-refractivity contribution in [2.45, 2.75) is 38.0 Å². The quantitative estimate of drug-likeness (QED) is 0.562. The molecule has 3 atom stereocenters. The second-order valence-corrected chi connectivity index (χ2v) is 11.6. The van der Waals surface area contributed by atoms with E-state index in [1.54, 1.807) is 25.1 Å². The number of aliphatic carboxylic acids is 1. The van der Waals surface area contributed by atoms with Gasteiger partial charge >= 0.3 is 5.97 Å². The number of rotatable bonds is 5. The zero-order chi connectivity index (χ0) is 24.5. The Bertz CT molecular complexity index is 1260. The van der Waals surface area contributed by atoms with Gasteiger partial charge in [-0.25, -0.2) is 9.35 Å². The fourth-order valence-corrected chi connectivity index (χ4v) is 6.41. The lowest BCUT2D eigenvalue weighted by Crippen LogP contribution is -2.41. The van der Waals surface area contributed by atoms with Crippen LogP contribution in [0.4, 0.5) is 5.69 Å². The number of halogens is 1. The van der Waals surface area contributed by atoms with Crippen molar-refractivity contribution < 1.29 is 23.6 Å². The molecule has 8 nitrogen and oxygen atoms in total. The summed E-state index contributed by atoms with van der Waals surface area (Å²) in [6.07, 6.45) is 2.78. The van der Waals surface area contributed by atoms with Gasteiger partial charge in [-0.05, 0) is 66.6 Å². The molecule has 0 radical (unpaired) electrons. The zero-order valence-electron chi connectivity index (χ0n) is 18.9. The van der Waals surface area contributed by atoms with E-state index >= 15 is 0 Å². The molecule has 1 aliphatic carbocycles. The van der Waals surface area contributed by atoms with Crippen molar-refractivity contribution in [1.82, 2.24) is 0 Å². The molecule has 1 spiro atoms. The number of aryl methyl sites for hydroxylation is 1. The first kappa shape index (κ1) is 24.5. The Kier molecular flexibility index (Phi) is 6.89. The molecular weight excluding hydrogens is 478 g/mol. The fraction of sp³-hybridized carbons (Fsp3) is 0.417. The number of nitrogens with zero attached hydrogens (tertiary/aromatic N) is 1. The minimum atomic E-state index is -3.36. The molecule has 0 saturated carbocycles. The molecule has 34 heavy (non-hydrogen) atoms. The zero-order valence-corrected chi connectivity index (χ0v) is 20.5. The highest BCUT2D eigenvalue weighted by molar-refractivity contribution is 7.91. The third-order valence-electron chi connectivity index (χ3n) is 6.37. The minimum Gasteiger partial charge on any atom is -0.490 e. The number of carboxylic acid groups (broad SMARTS) is 1. The molecule has 2 aromatic carbocycles. The van der Waals surface area contributed by atoms with Crippen molar-refractivity contribution in [2.24, 2.45) is 15.4 Å². The Morgan fingerprint density at radius 1 is 1.32 bits per heavy atom. The lowest BCUT2D eigenvalue weighted by atomic mass is 9.70. The van der Waals surface area contributed by atoms with Crippen LogP contribution in [0.5, 0.6) is 5.75 Å². The van der Waals surface area contributed by atoms with Crippen LogP contribution in [0.25, 0.3) is 0 Å². The average Bonchev–Trinajstić information content (AvgIpc) is 2.92. The van der Waals surface area contributed by atoms with E-state index in [0.717, 1.165) is 24.3 Å². The molecule has 0 saturated heterocycles. The van der Waals surface area contributed by atoms with Crippen molar-refractivity contribution in [3.05, 3.63) is 58.1 Å². The van der Waals surface area contributed by atoms with Gasteiger partial charge in [0.2, 0.25) is 0 Å². The standard InChI is InChI=1S/C24H28ClN3O5S/c1-15(9-22(29)30)12-34(26,32)28-23(31)17-4-7-21-20(11-17)27-13-24(14-33-21)8-2-3-16-10-18(25)5-6-19(16)24/h4-7,10-11,15,27H,2-3,8-9,12-14H2,1H3,(H,29,30)(H2,26,28,31,32)/t15-,24-,34?/m0/s1. The van der Waals surface area contributed by atoms with E-state index < -0.39 is 27.7 Å². The van der Waals surface area contributed by atoms with Crippen LogP contribution in [0, 0.1) is 5.92 Å². The summed E-state index contributed by atoms with van der Waals surface area (Å²) < 4.78 is 22.5. The number of hydrogen-bond donors (Lipinski definition) is 3. The van der Waals surface area contributed by atoms with Gasteiger partial charge in [-0.2, -0.15) is 0 Å². The van der Waals surface area contributed by atoms with Crippen LogP contribution in [0.1, 0.15) is 47.7 Å². The predicted octanol–water partition coefficient (Wildman–Crippen LogP) is 4.01. The Morgan fingerprint density at radius 2 is 2.12 bits per heavy atom. The number of ether oxygens (including phenoxy) is 1. The summed E-state index contributed by atoms with van der Waals surface area (Å²) in [6.45, 7) is 2.73. The second kappa shape index (κ2) is 9.56. The van der Waals surface area contributed by atoms with Gasteiger partial charge in [-0.3, -0.25) is 9.59 Å². The van der Waals surface area contributed by atoms with Gasteiger partial charge in [0.1, 0.15) is 15.7 Å². The van der Waals surface area contributed by atoms with Gasteiger partial charge in [-0.1, -0.05) is 24.6 Å². The molecule has 182 valence electrons. The Morgan fingerprint density at radius 3 is 2.88 bits per heavy atom. The van der Waals surface area contributed by atoms with E-state index in [9.17, 15) is 13.8 Å². The lowest BCUT2D eigenvalue weighted by Gasteiger charge is -2.37. The van der Waals surface area contributed by atoms with Gasteiger partial charge in [0.15, 0.2) is 0 Å². The third kappa shape index (κ3) is 5.37. The van der Waals surface area contributed by atoms with Crippen LogP contribution < -0.4 is 15.2 Å². The van der Waals surface area contributed by atoms with E-state index in [0.29, 0.717) is 24.6 Å². The molecular formula is C24H28ClN3O5S. The van der Waals surface area contributed by atoms with Crippen LogP contribution >= 0.6 is 11.6 Å². The van der Waals surface area contributed by atoms with Gasteiger partial charge < -0.3 is 15.2 Å². The van der Waals surface area contributed by atoms with Crippen LogP contribution in [-0.4, -0.2) is 40.1 Å². The summed E-state index contributed by atoms with van der Waals surface area (Å²) in [5, 5.41) is 18.8. The van der Waals surface area contributed by atoms with Crippen LogP contribution in [0.3, 0.4) is 0 Å². The number of nitrogens with two attached hydrogens (primary N) is 1. The first-order valence-corrected chi connectivity index (χ1v) is 13.3. The van der Waals surface area contributed by atoms with Crippen molar-refractivity contribution in [1.29, 1.82) is 0 Å². The average molecular weight is 506 g/mol. The van der Waals surface area contributed by atoms with E-state index in [1.165, 1.54) is 11.1 Å². The number of benzene rings is 2. The maximum atomic E-state index is 12.7. The summed E-state index contributed by atoms with van der Waals surface area (Å²) >= 11 is 6.21. The monoisotopic (exact) mass is 505 g/mol. The van der Waals surface area contributed by atoms with Crippen LogP contribution in [-0.2, 0) is 26.5 Å². The van der Waals surface area contributed by atoms with E-state index in [-0.39, 0.29) is 23.2 Å². The van der Waals surface area contributed by atoms with Gasteiger partial charge in [0, 0.05) is 34.7 Å². The van der Waals surface area contributed by atoms with Gasteiger partial charge in [0.25, 0.3) is 5.91 Å². The predicted molar refractivity (Wildman–Crippen MR) is 132 cm³/mol. The lowest BCUT2D eigenvalue weighted by molar-refractivity contribution is -0.137. The van der Waals surface area contributed by atoms with Gasteiger partial charge in [0.05, 0.1) is 12.3 Å². The number of amides is 1. The van der Waals surface area contributed by atoms with E-state index in [4.69, 9.17) is 26.6 Å². The molecule has 10 heteroatoms. The molecule has 1 amide bonds. The Balaban J connectivity index is 1.54. The summed E-state index contributed by atoms with van der Waals surface area (Å²) in [4.78, 5) is 23.5. The van der Waals surface area contributed by atoms with Crippen molar-refractivity contribution in [3.63, 3.8) is 0 Å². The molecule has 0 fully saturated rings. The largest absolute Gasteiger partial charge is 0.490 e. The van der Waals surface area contributed by atoms with Crippen molar-refractivity contribution in [3.8, 4) is 5.75 Å². The molecule has 1 unspecified atom stereocenters. The number of hydrogen-bond acceptors (Lipinski definition) is 5. The summed E-state index contributed by atoms with van der Waals surface area (Å²) in [5.41, 5.74) is 3.14. The minimum absolute atomic E-state index is 0.177. The molecule has 0 aromatic heterocycles. The molecule has 1 heterocycles. The SMILES string of the molecule is C[C@@H](CC(=O)O)CS(N)(=O)=NC(=O)c1ccc2c(c1)NC[C@@]1(CCCc3cc(Cl)ccc31)CO2. The third-order valence-corrected chi connectivity index (χ3v) is 8.13. The topological polar surface area (TPSA) is 131 Å². The number of anilines is 1. The maximum Gasteiger partial charge on any atom is 0.303 e. The molecule has 1 aliphatic heterocycles. The molecule has 2 aliphatic rings. The van der Waals surface area contributed by atoms with E-state index in [1.807, 2.05) is 12.1 Å². The normalized spacial score (nSPS) is 21.6. The van der Waals surface area contributed by atoms with Crippen molar-refractivity contribution >= 4 is 39.1 Å². The Hall–Kier alpha value is -2.62. The van der Waals surface area contributed by atoms with Crippen LogP contribution in [0.2, 0.25) is 5.02 Å². The molecule has 0 bridgehead atoms. The highest BCUT2D eigenvalue weighted by atomic mass is 35.5. The molecule has 4 N–H and O–H groups in total. The highest BCUT2D eigenvalue weighted by Crippen LogP contribution is 2.42. The first-order valence-electron chi connectivity index (χ1n) is 11.2.